The van der Waals surface area contributed by atoms with E-state index in [0.29, 0.717) is 26.2 Å². The summed E-state index contributed by atoms with van der Waals surface area (Å²) < 4.78 is 23.9. The Bertz CT molecular complexity index is 428. The number of hydrazone groups is 1. The molecule has 0 bridgehead atoms. The van der Waals surface area contributed by atoms with E-state index in [0.717, 1.165) is 11.8 Å². The van der Waals surface area contributed by atoms with E-state index in [-0.39, 0.29) is 16.8 Å². The highest BCUT2D eigenvalue weighted by Crippen LogP contribution is 2.08. The van der Waals surface area contributed by atoms with Crippen LogP contribution in [0.5, 0.6) is 0 Å². The van der Waals surface area contributed by atoms with Gasteiger partial charge in [0, 0.05) is 26.2 Å². The Morgan fingerprint density at radius 2 is 1.89 bits per heavy atom. The lowest BCUT2D eigenvalue weighted by Crippen LogP contribution is -2.50. The Balaban J connectivity index is 2.41. The van der Waals surface area contributed by atoms with Crippen LogP contribution in [-0.2, 0) is 14.8 Å². The summed E-state index contributed by atoms with van der Waals surface area (Å²) in [6.07, 6.45) is 1.17. The number of hydrogen-bond donors (Lipinski definition) is 2. The number of piperazine rings is 1. The molecule has 1 rings (SSSR count). The SMILES string of the molecule is CS(=O)(=O)N1CCN(C(=O)CSC(N)=NN)CC1. The van der Waals surface area contributed by atoms with Crippen LogP contribution in [0.15, 0.2) is 5.10 Å². The number of nitrogens with two attached hydrogens (primary N) is 2. The number of amidine groups is 1. The van der Waals surface area contributed by atoms with Crippen molar-refractivity contribution < 1.29 is 13.2 Å². The third-order valence-electron chi connectivity index (χ3n) is 2.53. The first kappa shape index (κ1) is 15.1. The van der Waals surface area contributed by atoms with Crippen LogP contribution in [-0.4, -0.2) is 66.9 Å². The van der Waals surface area contributed by atoms with Gasteiger partial charge < -0.3 is 16.5 Å². The molecule has 0 spiro atoms. The van der Waals surface area contributed by atoms with Crippen molar-refractivity contribution in [1.82, 2.24) is 9.21 Å². The molecule has 10 heteroatoms. The zero-order valence-electron chi connectivity index (χ0n) is 10.1. The van der Waals surface area contributed by atoms with Crippen LogP contribution < -0.4 is 11.6 Å². The second kappa shape index (κ2) is 6.25. The summed E-state index contributed by atoms with van der Waals surface area (Å²) in [7, 11) is -3.17. The molecule has 0 aromatic carbocycles. The fraction of sp³-hybridized carbons (Fsp3) is 0.750. The van der Waals surface area contributed by atoms with Crippen LogP contribution in [0.25, 0.3) is 0 Å². The Hall–Kier alpha value is -1.00. The molecule has 0 atom stereocenters. The second-order valence-corrected chi connectivity index (χ2v) is 6.78. The highest BCUT2D eigenvalue weighted by molar-refractivity contribution is 8.14. The summed E-state index contributed by atoms with van der Waals surface area (Å²) in [5.74, 6) is 5.01. The maximum absolute atomic E-state index is 11.8. The van der Waals surface area contributed by atoms with Crippen LogP contribution in [0, 0.1) is 0 Å². The van der Waals surface area contributed by atoms with Gasteiger partial charge in [-0.2, -0.15) is 9.41 Å². The summed E-state index contributed by atoms with van der Waals surface area (Å²) in [5.41, 5.74) is 5.36. The Kier molecular flexibility index (Phi) is 5.23. The van der Waals surface area contributed by atoms with E-state index < -0.39 is 10.0 Å². The van der Waals surface area contributed by atoms with Gasteiger partial charge in [0.1, 0.15) is 0 Å². The summed E-state index contributed by atoms with van der Waals surface area (Å²) in [4.78, 5) is 13.4. The van der Waals surface area contributed by atoms with Gasteiger partial charge in [-0.05, 0) is 0 Å². The average Bonchev–Trinajstić information content (AvgIpc) is 2.34. The van der Waals surface area contributed by atoms with Gasteiger partial charge in [-0.1, -0.05) is 11.8 Å². The molecule has 1 aliphatic rings. The summed E-state index contributed by atoms with van der Waals surface area (Å²) in [5, 5.41) is 3.40. The quantitative estimate of drug-likeness (QED) is 0.269. The average molecular weight is 295 g/mol. The van der Waals surface area contributed by atoms with Crippen LogP contribution in [0.3, 0.4) is 0 Å². The predicted molar refractivity (Wildman–Crippen MR) is 71.3 cm³/mol. The first-order chi connectivity index (χ1) is 8.34. The van der Waals surface area contributed by atoms with E-state index in [1.54, 1.807) is 4.90 Å². The minimum Gasteiger partial charge on any atom is -0.377 e. The number of sulfonamides is 1. The van der Waals surface area contributed by atoms with Crippen molar-refractivity contribution in [3.63, 3.8) is 0 Å². The maximum atomic E-state index is 11.8. The number of thioether (sulfide) groups is 1. The summed E-state index contributed by atoms with van der Waals surface area (Å²) in [6, 6.07) is 0. The molecular formula is C8H17N5O3S2. The Labute approximate surface area is 110 Å². The van der Waals surface area contributed by atoms with E-state index in [2.05, 4.69) is 5.10 Å². The van der Waals surface area contributed by atoms with E-state index >= 15 is 0 Å². The van der Waals surface area contributed by atoms with Crippen molar-refractivity contribution >= 4 is 32.9 Å². The standard InChI is InChI=1S/C8H17N5O3S2/c1-18(15,16)13-4-2-12(3-5-13)7(14)6-17-8(9)11-10/h2-6,10H2,1H3,(H2,9,11). The molecule has 0 radical (unpaired) electrons. The highest BCUT2D eigenvalue weighted by Gasteiger charge is 2.25. The molecular weight excluding hydrogens is 278 g/mol. The van der Waals surface area contributed by atoms with Gasteiger partial charge in [0.2, 0.25) is 15.9 Å². The van der Waals surface area contributed by atoms with E-state index in [4.69, 9.17) is 11.6 Å². The number of rotatable bonds is 3. The third kappa shape index (κ3) is 4.35. The van der Waals surface area contributed by atoms with E-state index in [9.17, 15) is 13.2 Å². The van der Waals surface area contributed by atoms with Gasteiger partial charge in [-0.15, -0.1) is 0 Å². The second-order valence-electron chi connectivity index (χ2n) is 3.80. The van der Waals surface area contributed by atoms with E-state index in [1.807, 2.05) is 0 Å². The number of amides is 1. The number of carbonyl (C=O) groups excluding carboxylic acids is 1. The minimum atomic E-state index is -3.17. The molecule has 8 nitrogen and oxygen atoms in total. The topological polar surface area (TPSA) is 122 Å². The van der Waals surface area contributed by atoms with Gasteiger partial charge in [0.25, 0.3) is 0 Å². The molecule has 1 amide bonds. The zero-order chi connectivity index (χ0) is 13.8. The fourth-order valence-corrected chi connectivity index (χ4v) is 2.89. The largest absolute Gasteiger partial charge is 0.377 e. The Morgan fingerprint density at radius 3 is 2.33 bits per heavy atom. The third-order valence-corrected chi connectivity index (χ3v) is 4.63. The van der Waals surface area contributed by atoms with Crippen LogP contribution >= 0.6 is 11.8 Å². The number of carbonyl (C=O) groups is 1. The lowest BCUT2D eigenvalue weighted by atomic mass is 10.3. The van der Waals surface area contributed by atoms with Crippen molar-refractivity contribution in [2.45, 2.75) is 0 Å². The van der Waals surface area contributed by atoms with Gasteiger partial charge in [-0.3, -0.25) is 4.79 Å². The molecule has 0 unspecified atom stereocenters. The van der Waals surface area contributed by atoms with Gasteiger partial charge in [-0.25, -0.2) is 8.42 Å². The molecule has 1 heterocycles. The molecule has 0 aromatic heterocycles. The fourth-order valence-electron chi connectivity index (χ4n) is 1.53. The molecule has 0 aliphatic carbocycles. The number of hydrogen-bond acceptors (Lipinski definition) is 6. The molecule has 1 fully saturated rings. The van der Waals surface area contributed by atoms with Gasteiger partial charge >= 0.3 is 0 Å². The highest BCUT2D eigenvalue weighted by atomic mass is 32.2. The van der Waals surface area contributed by atoms with E-state index in [1.165, 1.54) is 10.6 Å². The van der Waals surface area contributed by atoms with Crippen LogP contribution in [0.1, 0.15) is 0 Å². The first-order valence-corrected chi connectivity index (χ1v) is 8.07. The molecule has 1 aliphatic heterocycles. The molecule has 0 aromatic rings. The normalized spacial score (nSPS) is 18.9. The van der Waals surface area contributed by atoms with Crippen molar-refractivity contribution in [3.8, 4) is 0 Å². The number of nitrogens with zero attached hydrogens (tertiary/aromatic N) is 3. The minimum absolute atomic E-state index is 0.0975. The summed E-state index contributed by atoms with van der Waals surface area (Å²) in [6.45, 7) is 1.45. The maximum Gasteiger partial charge on any atom is 0.233 e. The van der Waals surface area contributed by atoms with Crippen molar-refractivity contribution in [2.75, 3.05) is 38.2 Å². The monoisotopic (exact) mass is 295 g/mol. The summed E-state index contributed by atoms with van der Waals surface area (Å²) >= 11 is 1.06. The van der Waals surface area contributed by atoms with Gasteiger partial charge in [0.05, 0.1) is 12.0 Å². The van der Waals surface area contributed by atoms with Crippen molar-refractivity contribution in [2.24, 2.45) is 16.7 Å². The lowest BCUT2D eigenvalue weighted by Gasteiger charge is -2.33. The van der Waals surface area contributed by atoms with Gasteiger partial charge in [0.15, 0.2) is 5.17 Å². The molecule has 1 saturated heterocycles. The molecule has 0 saturated carbocycles. The van der Waals surface area contributed by atoms with Crippen LogP contribution in [0.2, 0.25) is 0 Å². The predicted octanol–water partition coefficient (Wildman–Crippen LogP) is -1.99. The smallest absolute Gasteiger partial charge is 0.233 e. The molecule has 104 valence electrons. The molecule has 18 heavy (non-hydrogen) atoms. The van der Waals surface area contributed by atoms with Crippen molar-refractivity contribution in [3.05, 3.63) is 0 Å². The zero-order valence-corrected chi connectivity index (χ0v) is 11.7. The van der Waals surface area contributed by atoms with Crippen LogP contribution in [0.4, 0.5) is 0 Å². The molecule has 4 N–H and O–H groups in total. The lowest BCUT2D eigenvalue weighted by molar-refractivity contribution is -0.129. The first-order valence-electron chi connectivity index (χ1n) is 5.23. The van der Waals surface area contributed by atoms with Crippen molar-refractivity contribution in [1.29, 1.82) is 0 Å². The Morgan fingerprint density at radius 1 is 1.33 bits per heavy atom.